The summed E-state index contributed by atoms with van der Waals surface area (Å²) in [6, 6.07) is 13.9. The normalized spacial score (nSPS) is 11.0. The number of hydrogen-bond acceptors (Lipinski definition) is 5. The summed E-state index contributed by atoms with van der Waals surface area (Å²) in [6.07, 6.45) is 0. The highest BCUT2D eigenvalue weighted by Crippen LogP contribution is 2.27. The number of nitrogens with zero attached hydrogens (tertiary/aromatic N) is 3. The van der Waals surface area contributed by atoms with Gasteiger partial charge in [0, 0.05) is 17.8 Å². The van der Waals surface area contributed by atoms with Gasteiger partial charge in [0.05, 0.1) is 27.4 Å². The zero-order chi connectivity index (χ0) is 19.1. The Kier molecular flexibility index (Phi) is 3.73. The topological polar surface area (TPSA) is 117 Å². The van der Waals surface area contributed by atoms with E-state index in [2.05, 4.69) is 10.1 Å². The first kappa shape index (κ1) is 16.5. The number of benzene rings is 2. The summed E-state index contributed by atoms with van der Waals surface area (Å²) in [5.74, 6) is -0.211. The number of aryl methyl sites for hydroxylation is 1. The lowest BCUT2D eigenvalue weighted by molar-refractivity contribution is -0.384. The van der Waals surface area contributed by atoms with Crippen molar-refractivity contribution in [1.29, 1.82) is 0 Å². The zero-order valence-corrected chi connectivity index (χ0v) is 14.2. The molecule has 0 aliphatic heterocycles. The van der Waals surface area contributed by atoms with E-state index >= 15 is 0 Å². The molecule has 134 valence electrons. The Morgan fingerprint density at radius 1 is 1.11 bits per heavy atom. The van der Waals surface area contributed by atoms with Crippen LogP contribution in [0, 0.1) is 17.0 Å². The predicted molar refractivity (Wildman–Crippen MR) is 98.0 cm³/mol. The number of aromatic amines is 1. The molecular weight excluding hydrogens is 348 g/mol. The largest absolute Gasteiger partial charge is 0.872 e. The Balaban J connectivity index is 1.86. The number of pyridine rings is 1. The van der Waals surface area contributed by atoms with Crippen LogP contribution in [0.25, 0.3) is 27.8 Å². The van der Waals surface area contributed by atoms with Crippen molar-refractivity contribution >= 4 is 16.6 Å². The number of H-pyrrole nitrogens is 1. The molecule has 0 atom stereocenters. The van der Waals surface area contributed by atoms with E-state index in [0.29, 0.717) is 22.3 Å². The molecule has 0 radical (unpaired) electrons. The average Bonchev–Trinajstić information content (AvgIpc) is 2.96. The molecule has 8 nitrogen and oxygen atoms in total. The fourth-order valence-corrected chi connectivity index (χ4v) is 3.03. The van der Waals surface area contributed by atoms with Crippen LogP contribution in [0.1, 0.15) is 5.69 Å². The van der Waals surface area contributed by atoms with Crippen molar-refractivity contribution < 1.29 is 10.0 Å². The van der Waals surface area contributed by atoms with Crippen LogP contribution in [-0.2, 0) is 0 Å². The third-order valence-electron chi connectivity index (χ3n) is 4.32. The molecule has 0 saturated heterocycles. The van der Waals surface area contributed by atoms with Gasteiger partial charge in [-0.05, 0) is 36.6 Å². The first-order chi connectivity index (χ1) is 13.0. The first-order valence-electron chi connectivity index (χ1n) is 8.09. The summed E-state index contributed by atoms with van der Waals surface area (Å²) in [4.78, 5) is 27.6. The summed E-state index contributed by atoms with van der Waals surface area (Å²) in [5, 5.41) is 26.6. The van der Waals surface area contributed by atoms with E-state index < -0.39 is 4.92 Å². The van der Waals surface area contributed by atoms with Gasteiger partial charge >= 0.3 is 0 Å². The highest BCUT2D eigenvalue weighted by molar-refractivity contribution is 5.87. The van der Waals surface area contributed by atoms with Crippen molar-refractivity contribution in [2.45, 2.75) is 6.92 Å². The molecule has 8 heteroatoms. The van der Waals surface area contributed by atoms with Gasteiger partial charge in [-0.3, -0.25) is 20.0 Å². The lowest BCUT2D eigenvalue weighted by Crippen LogP contribution is -2.16. The number of fused-ring (bicyclic) bond motifs is 1. The van der Waals surface area contributed by atoms with Crippen molar-refractivity contribution in [2.75, 3.05) is 0 Å². The van der Waals surface area contributed by atoms with E-state index in [-0.39, 0.29) is 28.3 Å². The summed E-state index contributed by atoms with van der Waals surface area (Å²) in [6.45, 7) is 1.71. The Hall–Kier alpha value is -3.94. The Morgan fingerprint density at radius 3 is 2.52 bits per heavy atom. The van der Waals surface area contributed by atoms with Crippen molar-refractivity contribution in [1.82, 2.24) is 14.8 Å². The van der Waals surface area contributed by atoms with Crippen molar-refractivity contribution in [2.24, 2.45) is 0 Å². The number of non-ortho nitro benzene ring substituents is 1. The lowest BCUT2D eigenvalue weighted by atomic mass is 10.1. The highest BCUT2D eigenvalue weighted by atomic mass is 16.6. The maximum absolute atomic E-state index is 12.9. The molecule has 0 spiro atoms. The van der Waals surface area contributed by atoms with Gasteiger partial charge in [0.25, 0.3) is 11.2 Å². The summed E-state index contributed by atoms with van der Waals surface area (Å²) < 4.78 is 1.27. The number of para-hydroxylation sites is 1. The highest BCUT2D eigenvalue weighted by Gasteiger charge is 2.17. The number of nitro benzene ring substituents is 1. The molecule has 4 rings (SSSR count). The van der Waals surface area contributed by atoms with Gasteiger partial charge in [0.1, 0.15) is 0 Å². The van der Waals surface area contributed by atoms with Crippen molar-refractivity contribution in [3.8, 4) is 22.7 Å². The second-order valence-corrected chi connectivity index (χ2v) is 6.05. The minimum Gasteiger partial charge on any atom is -0.872 e. The molecule has 2 heterocycles. The number of aromatic nitrogens is 3. The number of hydrogen-bond donors (Lipinski definition) is 1. The fourth-order valence-electron chi connectivity index (χ4n) is 3.03. The Bertz CT molecular complexity index is 1240. The zero-order valence-electron chi connectivity index (χ0n) is 14.2. The van der Waals surface area contributed by atoms with Crippen LogP contribution < -0.4 is 10.7 Å². The van der Waals surface area contributed by atoms with Gasteiger partial charge < -0.3 is 5.11 Å². The standard InChI is InChI=1S/C19H14N4O4/c1-11-18(16-10-17(24)14-4-2-3-5-15(14)20-16)19(25)22(21-11)12-6-8-13(9-7-12)23(26)27/h2-10,21H,1H3,(H,20,24)/p-1. The Morgan fingerprint density at radius 2 is 1.81 bits per heavy atom. The number of nitrogens with one attached hydrogen (secondary N) is 1. The molecule has 0 bridgehead atoms. The van der Waals surface area contributed by atoms with Gasteiger partial charge in [0.2, 0.25) is 0 Å². The van der Waals surface area contributed by atoms with Crippen LogP contribution in [0.3, 0.4) is 0 Å². The molecular formula is C19H13N4O4-. The molecule has 0 amide bonds. The molecule has 0 unspecified atom stereocenters. The van der Waals surface area contributed by atoms with E-state index in [1.54, 1.807) is 31.2 Å². The van der Waals surface area contributed by atoms with Gasteiger partial charge in [-0.2, -0.15) is 0 Å². The number of rotatable bonds is 3. The Labute approximate surface area is 152 Å². The van der Waals surface area contributed by atoms with Gasteiger partial charge in [-0.1, -0.05) is 23.9 Å². The smallest absolute Gasteiger partial charge is 0.280 e. The summed E-state index contributed by atoms with van der Waals surface area (Å²) >= 11 is 0. The van der Waals surface area contributed by atoms with Gasteiger partial charge in [-0.15, -0.1) is 0 Å². The predicted octanol–water partition coefficient (Wildman–Crippen LogP) is 2.67. The molecule has 0 aliphatic carbocycles. The minimum atomic E-state index is -0.507. The van der Waals surface area contributed by atoms with Crippen LogP contribution in [0.2, 0.25) is 0 Å². The monoisotopic (exact) mass is 361 g/mol. The van der Waals surface area contributed by atoms with Gasteiger partial charge in [-0.25, -0.2) is 9.67 Å². The van der Waals surface area contributed by atoms with E-state index in [4.69, 9.17) is 0 Å². The summed E-state index contributed by atoms with van der Waals surface area (Å²) in [7, 11) is 0. The summed E-state index contributed by atoms with van der Waals surface area (Å²) in [5.41, 5.74) is 1.63. The van der Waals surface area contributed by atoms with E-state index in [0.717, 1.165) is 0 Å². The quantitative estimate of drug-likeness (QED) is 0.445. The molecule has 27 heavy (non-hydrogen) atoms. The maximum atomic E-state index is 12.9. The number of nitro groups is 1. The van der Waals surface area contributed by atoms with Gasteiger partial charge in [0.15, 0.2) is 0 Å². The fraction of sp³-hybridized carbons (Fsp3) is 0.0526. The molecule has 0 aliphatic rings. The second kappa shape index (κ2) is 6.10. The molecule has 4 aromatic rings. The van der Waals surface area contributed by atoms with Crippen molar-refractivity contribution in [3.05, 3.63) is 80.8 Å². The van der Waals surface area contributed by atoms with Crippen LogP contribution in [0.4, 0.5) is 5.69 Å². The van der Waals surface area contributed by atoms with E-state index in [1.165, 1.54) is 35.0 Å². The lowest BCUT2D eigenvalue weighted by Gasteiger charge is -2.11. The second-order valence-electron chi connectivity index (χ2n) is 6.05. The van der Waals surface area contributed by atoms with Crippen LogP contribution >= 0.6 is 0 Å². The SMILES string of the molecule is Cc1[nH]n(-c2ccc([N+](=O)[O-])cc2)c(=O)c1-c1cc([O-])c2ccccc2n1. The molecule has 0 fully saturated rings. The third kappa shape index (κ3) is 2.73. The molecule has 2 aromatic carbocycles. The molecule has 0 saturated carbocycles. The average molecular weight is 361 g/mol. The first-order valence-corrected chi connectivity index (χ1v) is 8.09. The van der Waals surface area contributed by atoms with E-state index in [1.807, 2.05) is 0 Å². The molecule has 1 N–H and O–H groups in total. The third-order valence-corrected chi connectivity index (χ3v) is 4.32. The molecule has 2 aromatic heterocycles. The van der Waals surface area contributed by atoms with E-state index in [9.17, 15) is 20.0 Å². The van der Waals surface area contributed by atoms with Crippen LogP contribution in [0.5, 0.6) is 5.75 Å². The minimum absolute atomic E-state index is 0.0671. The van der Waals surface area contributed by atoms with Crippen LogP contribution in [0.15, 0.2) is 59.4 Å². The van der Waals surface area contributed by atoms with Crippen molar-refractivity contribution in [3.63, 3.8) is 0 Å². The maximum Gasteiger partial charge on any atom is 0.280 e. The van der Waals surface area contributed by atoms with Crippen LogP contribution in [-0.4, -0.2) is 19.7 Å².